The van der Waals surface area contributed by atoms with E-state index >= 15 is 0 Å². The number of rotatable bonds is 7. The topological polar surface area (TPSA) is 31.4 Å². The largest absolute Gasteiger partial charge is 0.573 e. The number of ether oxygens (including phenoxy) is 2. The van der Waals surface area contributed by atoms with Gasteiger partial charge in [0.15, 0.2) is 0 Å². The normalized spacial score (nSPS) is 15.7. The van der Waals surface area contributed by atoms with Gasteiger partial charge in [-0.25, -0.2) is 4.98 Å². The zero-order chi connectivity index (χ0) is 22.0. The molecule has 0 aliphatic heterocycles. The van der Waals surface area contributed by atoms with Gasteiger partial charge in [-0.2, -0.15) is 0 Å². The van der Waals surface area contributed by atoms with Crippen LogP contribution in [0.2, 0.25) is 0 Å². The number of aromatic nitrogens is 1. The number of hydrogen-bond donors (Lipinski definition) is 0. The number of aryl methyl sites for hydroxylation is 2. The number of thiazole rings is 1. The molecule has 0 saturated heterocycles. The van der Waals surface area contributed by atoms with Crippen LogP contribution in [-0.4, -0.2) is 22.4 Å². The van der Waals surface area contributed by atoms with Crippen molar-refractivity contribution in [1.82, 2.24) is 4.98 Å². The Bertz CT molecular complexity index is 1050. The molecule has 0 spiro atoms. The van der Waals surface area contributed by atoms with Crippen molar-refractivity contribution in [3.05, 3.63) is 64.2 Å². The van der Waals surface area contributed by atoms with Gasteiger partial charge in [0.2, 0.25) is 0 Å². The van der Waals surface area contributed by atoms with E-state index in [1.807, 2.05) is 13.0 Å². The lowest BCUT2D eigenvalue weighted by molar-refractivity contribution is -0.274. The number of hydrogen-bond acceptors (Lipinski definition) is 4. The molecule has 0 saturated carbocycles. The molecule has 3 nitrogen and oxygen atoms in total. The second-order valence-electron chi connectivity index (χ2n) is 7.44. The zero-order valence-corrected chi connectivity index (χ0v) is 19.8. The first-order valence-electron chi connectivity index (χ1n) is 9.96. The molecule has 0 N–H and O–H groups in total. The number of halogens is 4. The van der Waals surface area contributed by atoms with Crippen LogP contribution in [0.4, 0.5) is 13.2 Å². The van der Waals surface area contributed by atoms with E-state index < -0.39 is 6.36 Å². The number of benzene rings is 2. The molecule has 0 unspecified atom stereocenters. The Balaban J connectivity index is 1.36. The number of alkyl halides is 4. The Morgan fingerprint density at radius 2 is 1.87 bits per heavy atom. The molecule has 8 heteroatoms. The lowest BCUT2D eigenvalue weighted by Crippen LogP contribution is -2.16. The summed E-state index contributed by atoms with van der Waals surface area (Å²) in [5, 5.41) is 0.772. The van der Waals surface area contributed by atoms with Gasteiger partial charge in [0.25, 0.3) is 0 Å². The van der Waals surface area contributed by atoms with Crippen LogP contribution in [0.1, 0.15) is 34.0 Å². The Hall–Kier alpha value is -1.81. The van der Waals surface area contributed by atoms with Gasteiger partial charge in [-0.05, 0) is 73.2 Å². The molecular weight excluding hydrogens is 538 g/mol. The molecule has 4 rings (SSSR count). The van der Waals surface area contributed by atoms with Gasteiger partial charge in [0, 0.05) is 21.3 Å². The van der Waals surface area contributed by atoms with Crippen LogP contribution in [0.5, 0.6) is 11.5 Å². The van der Waals surface area contributed by atoms with Gasteiger partial charge in [0.1, 0.15) is 16.5 Å². The molecule has 3 aromatic rings. The summed E-state index contributed by atoms with van der Waals surface area (Å²) in [5.41, 5.74) is 4.55. The Labute approximate surface area is 196 Å². The first-order valence-corrected chi connectivity index (χ1v) is 12.3. The molecule has 1 heterocycles. The minimum absolute atomic E-state index is 0.239. The minimum Gasteiger partial charge on any atom is -0.493 e. The highest BCUT2D eigenvalue weighted by Gasteiger charge is 2.31. The van der Waals surface area contributed by atoms with Gasteiger partial charge in [-0.3, -0.25) is 0 Å². The van der Waals surface area contributed by atoms with Crippen LogP contribution in [0.3, 0.4) is 0 Å². The lowest BCUT2D eigenvalue weighted by Gasteiger charge is -2.10. The van der Waals surface area contributed by atoms with Crippen molar-refractivity contribution in [2.45, 2.75) is 38.5 Å². The standard InChI is InChI=1S/C23H21F3INO2S/c1-14-21(10-11-29-19-8-9-20-16(12-19)2-3-17(20)13-27)28-22(31-14)15-4-6-18(7-5-15)30-23(24,25)26/h4-9,12,17H,2-3,10-11,13H2,1H3/t17-/m0/s1. The van der Waals surface area contributed by atoms with Crippen LogP contribution >= 0.6 is 33.9 Å². The molecule has 1 aliphatic rings. The highest BCUT2D eigenvalue weighted by Crippen LogP contribution is 2.36. The molecule has 1 aromatic heterocycles. The van der Waals surface area contributed by atoms with Crippen molar-refractivity contribution in [3.63, 3.8) is 0 Å². The third kappa shape index (κ3) is 5.52. The maximum atomic E-state index is 12.3. The summed E-state index contributed by atoms with van der Waals surface area (Å²) < 4.78 is 48.0. The van der Waals surface area contributed by atoms with Gasteiger partial charge in [0.05, 0.1) is 12.3 Å². The van der Waals surface area contributed by atoms with E-state index in [9.17, 15) is 13.2 Å². The minimum atomic E-state index is -4.69. The molecule has 2 aromatic carbocycles. The van der Waals surface area contributed by atoms with Crippen LogP contribution in [0.15, 0.2) is 42.5 Å². The fraction of sp³-hybridized carbons (Fsp3) is 0.348. The van der Waals surface area contributed by atoms with E-state index in [0.717, 1.165) is 37.7 Å². The smallest absolute Gasteiger partial charge is 0.493 e. The van der Waals surface area contributed by atoms with E-state index in [0.29, 0.717) is 18.9 Å². The summed E-state index contributed by atoms with van der Waals surface area (Å²) in [6, 6.07) is 12.2. The summed E-state index contributed by atoms with van der Waals surface area (Å²) >= 11 is 3.97. The van der Waals surface area contributed by atoms with Crippen LogP contribution < -0.4 is 9.47 Å². The van der Waals surface area contributed by atoms with E-state index in [4.69, 9.17) is 4.74 Å². The Kier molecular flexibility index (Phi) is 6.76. The van der Waals surface area contributed by atoms with Crippen molar-refractivity contribution in [1.29, 1.82) is 0 Å². The fourth-order valence-electron chi connectivity index (χ4n) is 3.78. The van der Waals surface area contributed by atoms with E-state index in [-0.39, 0.29) is 5.75 Å². The average Bonchev–Trinajstić information content (AvgIpc) is 3.30. The Morgan fingerprint density at radius 1 is 1.13 bits per heavy atom. The molecule has 164 valence electrons. The van der Waals surface area contributed by atoms with Gasteiger partial charge in [-0.1, -0.05) is 28.7 Å². The first kappa shape index (κ1) is 22.4. The molecule has 0 amide bonds. The van der Waals surface area contributed by atoms with Crippen LogP contribution in [-0.2, 0) is 12.8 Å². The van der Waals surface area contributed by atoms with E-state index in [1.165, 1.54) is 41.0 Å². The maximum Gasteiger partial charge on any atom is 0.573 e. The fourth-order valence-corrected chi connectivity index (χ4v) is 5.66. The Morgan fingerprint density at radius 3 is 2.58 bits per heavy atom. The molecule has 31 heavy (non-hydrogen) atoms. The van der Waals surface area contributed by atoms with E-state index in [2.05, 4.69) is 44.4 Å². The molecular formula is C23H21F3INO2S. The van der Waals surface area contributed by atoms with Crippen molar-refractivity contribution in [2.24, 2.45) is 0 Å². The summed E-state index contributed by atoms with van der Waals surface area (Å²) in [6.45, 7) is 2.52. The SMILES string of the molecule is Cc1sc(-c2ccc(OC(F)(F)F)cc2)nc1CCOc1ccc2c(c1)CC[C@H]2CI. The molecule has 1 atom stereocenters. The molecule has 0 fully saturated rings. The predicted molar refractivity (Wildman–Crippen MR) is 125 cm³/mol. The average molecular weight is 559 g/mol. The highest BCUT2D eigenvalue weighted by atomic mass is 127. The third-order valence-corrected chi connectivity index (χ3v) is 7.46. The quantitative estimate of drug-likeness (QED) is 0.229. The summed E-state index contributed by atoms with van der Waals surface area (Å²) in [6.07, 6.45) is -1.69. The highest BCUT2D eigenvalue weighted by molar-refractivity contribution is 14.1. The zero-order valence-electron chi connectivity index (χ0n) is 16.8. The summed E-state index contributed by atoms with van der Waals surface area (Å²) in [4.78, 5) is 5.75. The summed E-state index contributed by atoms with van der Waals surface area (Å²) in [7, 11) is 0. The van der Waals surface area contributed by atoms with Gasteiger partial charge >= 0.3 is 6.36 Å². The number of nitrogens with zero attached hydrogens (tertiary/aromatic N) is 1. The van der Waals surface area contributed by atoms with Gasteiger partial charge < -0.3 is 9.47 Å². The second kappa shape index (κ2) is 9.36. The monoisotopic (exact) mass is 559 g/mol. The molecule has 0 bridgehead atoms. The molecule has 1 aliphatic carbocycles. The maximum absolute atomic E-state index is 12.3. The van der Waals surface area contributed by atoms with Crippen LogP contribution in [0, 0.1) is 6.92 Å². The van der Waals surface area contributed by atoms with Crippen molar-refractivity contribution in [3.8, 4) is 22.1 Å². The summed E-state index contributed by atoms with van der Waals surface area (Å²) in [5.74, 6) is 1.31. The number of fused-ring (bicyclic) bond motifs is 1. The molecule has 0 radical (unpaired) electrons. The van der Waals surface area contributed by atoms with Crippen LogP contribution in [0.25, 0.3) is 10.6 Å². The third-order valence-electron chi connectivity index (χ3n) is 5.34. The van der Waals surface area contributed by atoms with Crippen molar-refractivity contribution < 1.29 is 22.6 Å². The second-order valence-corrected chi connectivity index (χ2v) is 9.53. The lowest BCUT2D eigenvalue weighted by atomic mass is 10.0. The predicted octanol–water partition coefficient (Wildman–Crippen LogP) is 7.10. The van der Waals surface area contributed by atoms with Gasteiger partial charge in [-0.15, -0.1) is 24.5 Å². The van der Waals surface area contributed by atoms with Crippen molar-refractivity contribution in [2.75, 3.05) is 11.0 Å². The first-order chi connectivity index (χ1) is 14.8. The van der Waals surface area contributed by atoms with E-state index in [1.54, 1.807) is 12.1 Å². The van der Waals surface area contributed by atoms with Crippen molar-refractivity contribution >= 4 is 33.9 Å².